The summed E-state index contributed by atoms with van der Waals surface area (Å²) in [6.07, 6.45) is 2.56. The van der Waals surface area contributed by atoms with E-state index in [1.165, 1.54) is 29.1 Å². The highest BCUT2D eigenvalue weighted by molar-refractivity contribution is 6.30. The van der Waals surface area contributed by atoms with Crippen molar-refractivity contribution in [2.45, 2.75) is 6.54 Å². The van der Waals surface area contributed by atoms with Crippen LogP contribution in [-0.2, 0) is 6.54 Å². The maximum absolute atomic E-state index is 13.3. The topological polar surface area (TPSA) is 86.7 Å². The Morgan fingerprint density at radius 3 is 2.74 bits per heavy atom. The molecule has 0 bridgehead atoms. The Morgan fingerprint density at radius 1 is 1.07 bits per heavy atom. The second-order valence-corrected chi connectivity index (χ2v) is 6.09. The molecule has 0 radical (unpaired) electrons. The number of hydrogen-bond acceptors (Lipinski definition) is 6. The monoisotopic (exact) mass is 383 g/mol. The zero-order valence-corrected chi connectivity index (χ0v) is 14.5. The first-order valence-electron chi connectivity index (χ1n) is 7.86. The number of hydrogen-bond donors (Lipinski definition) is 0. The van der Waals surface area contributed by atoms with Gasteiger partial charge in [-0.2, -0.15) is 5.10 Å². The van der Waals surface area contributed by atoms with Crippen molar-refractivity contribution in [3.05, 3.63) is 81.6 Å². The van der Waals surface area contributed by atoms with Crippen molar-refractivity contribution in [3.63, 3.8) is 0 Å². The Bertz CT molecular complexity index is 1170. The number of aromatic nitrogens is 5. The molecular formula is C18H11ClFN5O2. The van der Waals surface area contributed by atoms with Crippen LogP contribution in [0, 0.1) is 5.82 Å². The standard InChI is InChI=1S/C18H11ClFN5O2/c19-13-3-1-2-12(7-13)17-22-23-18(27-17)15-4-5-16(26)25(24-15)10-11-6-14(20)9-21-8-11/h1-9H,10H2. The molecule has 0 amide bonds. The molecule has 0 spiro atoms. The van der Waals surface area contributed by atoms with Gasteiger partial charge in [-0.15, -0.1) is 10.2 Å². The van der Waals surface area contributed by atoms with Crippen molar-refractivity contribution in [1.29, 1.82) is 0 Å². The SMILES string of the molecule is O=c1ccc(-c2nnc(-c3cccc(Cl)c3)o2)nn1Cc1cncc(F)c1. The van der Waals surface area contributed by atoms with Gasteiger partial charge in [0.1, 0.15) is 11.5 Å². The van der Waals surface area contributed by atoms with Crippen molar-refractivity contribution in [1.82, 2.24) is 25.0 Å². The van der Waals surface area contributed by atoms with E-state index in [4.69, 9.17) is 16.0 Å². The Labute approximate surface area is 157 Å². The molecule has 0 aliphatic rings. The van der Waals surface area contributed by atoms with E-state index in [2.05, 4.69) is 20.3 Å². The van der Waals surface area contributed by atoms with Crippen LogP contribution in [0.15, 0.2) is 64.1 Å². The highest BCUT2D eigenvalue weighted by Crippen LogP contribution is 2.24. The molecule has 0 fully saturated rings. The number of pyridine rings is 1. The van der Waals surface area contributed by atoms with Gasteiger partial charge in [-0.25, -0.2) is 9.07 Å². The first-order valence-corrected chi connectivity index (χ1v) is 8.24. The second kappa shape index (κ2) is 7.08. The summed E-state index contributed by atoms with van der Waals surface area (Å²) >= 11 is 5.97. The molecule has 9 heteroatoms. The Balaban J connectivity index is 1.66. The smallest absolute Gasteiger partial charge is 0.268 e. The van der Waals surface area contributed by atoms with Crippen LogP contribution in [0.4, 0.5) is 4.39 Å². The van der Waals surface area contributed by atoms with Gasteiger partial charge in [-0.05, 0) is 35.9 Å². The molecule has 27 heavy (non-hydrogen) atoms. The van der Waals surface area contributed by atoms with E-state index in [1.807, 2.05) is 0 Å². The van der Waals surface area contributed by atoms with Crippen LogP contribution >= 0.6 is 11.6 Å². The fraction of sp³-hybridized carbons (Fsp3) is 0.0556. The summed E-state index contributed by atoms with van der Waals surface area (Å²) in [7, 11) is 0. The van der Waals surface area contributed by atoms with Gasteiger partial charge in [0.15, 0.2) is 0 Å². The van der Waals surface area contributed by atoms with Gasteiger partial charge in [0.2, 0.25) is 5.89 Å². The fourth-order valence-corrected chi connectivity index (χ4v) is 2.65. The van der Waals surface area contributed by atoms with Gasteiger partial charge in [0, 0.05) is 22.8 Å². The summed E-state index contributed by atoms with van der Waals surface area (Å²) in [5.41, 5.74) is 1.14. The first-order chi connectivity index (χ1) is 13.1. The van der Waals surface area contributed by atoms with Crippen LogP contribution in [0.25, 0.3) is 23.0 Å². The van der Waals surface area contributed by atoms with Gasteiger partial charge in [-0.1, -0.05) is 17.7 Å². The van der Waals surface area contributed by atoms with E-state index >= 15 is 0 Å². The zero-order chi connectivity index (χ0) is 18.8. The van der Waals surface area contributed by atoms with Crippen molar-refractivity contribution in [2.24, 2.45) is 0 Å². The molecule has 0 saturated carbocycles. The molecule has 7 nitrogen and oxygen atoms in total. The minimum atomic E-state index is -0.486. The lowest BCUT2D eigenvalue weighted by molar-refractivity contribution is 0.568. The van der Waals surface area contributed by atoms with Crippen LogP contribution in [0.1, 0.15) is 5.56 Å². The number of benzene rings is 1. The Morgan fingerprint density at radius 2 is 1.93 bits per heavy atom. The highest BCUT2D eigenvalue weighted by Gasteiger charge is 2.13. The van der Waals surface area contributed by atoms with Gasteiger partial charge >= 0.3 is 0 Å². The largest absolute Gasteiger partial charge is 0.415 e. The maximum atomic E-state index is 13.3. The number of rotatable bonds is 4. The van der Waals surface area contributed by atoms with Crippen LogP contribution in [0.3, 0.4) is 0 Å². The molecule has 0 N–H and O–H groups in total. The van der Waals surface area contributed by atoms with E-state index in [0.717, 1.165) is 6.20 Å². The van der Waals surface area contributed by atoms with Gasteiger partial charge in [-0.3, -0.25) is 9.78 Å². The molecule has 4 rings (SSSR count). The minimum Gasteiger partial charge on any atom is -0.415 e. The lowest BCUT2D eigenvalue weighted by atomic mass is 10.2. The minimum absolute atomic E-state index is 0.0622. The van der Waals surface area contributed by atoms with E-state index in [1.54, 1.807) is 24.3 Å². The molecule has 0 atom stereocenters. The summed E-state index contributed by atoms with van der Waals surface area (Å²) < 4.78 is 20.1. The summed E-state index contributed by atoms with van der Waals surface area (Å²) in [5, 5.41) is 12.7. The Hall–Kier alpha value is -3.39. The second-order valence-electron chi connectivity index (χ2n) is 5.65. The molecule has 0 aliphatic heterocycles. The average molecular weight is 384 g/mol. The number of halogens is 2. The van der Waals surface area contributed by atoms with Crippen molar-refractivity contribution in [3.8, 4) is 23.0 Å². The summed E-state index contributed by atoms with van der Waals surface area (Å²) in [4.78, 5) is 15.8. The van der Waals surface area contributed by atoms with Gasteiger partial charge in [0.25, 0.3) is 11.4 Å². The van der Waals surface area contributed by atoms with Gasteiger partial charge < -0.3 is 4.42 Å². The summed E-state index contributed by atoms with van der Waals surface area (Å²) in [6.45, 7) is 0.0622. The van der Waals surface area contributed by atoms with Crippen molar-refractivity contribution in [2.75, 3.05) is 0 Å². The maximum Gasteiger partial charge on any atom is 0.268 e. The zero-order valence-electron chi connectivity index (χ0n) is 13.7. The normalized spacial score (nSPS) is 10.9. The summed E-state index contributed by atoms with van der Waals surface area (Å²) in [6, 6.07) is 11.1. The third kappa shape index (κ3) is 3.75. The molecule has 3 aromatic heterocycles. The van der Waals surface area contributed by atoms with Crippen LogP contribution in [0.5, 0.6) is 0 Å². The van der Waals surface area contributed by atoms with Crippen LogP contribution in [-0.4, -0.2) is 25.0 Å². The number of nitrogens with zero attached hydrogens (tertiary/aromatic N) is 5. The molecule has 1 aromatic carbocycles. The quantitative estimate of drug-likeness (QED) is 0.538. The molecule has 134 valence electrons. The van der Waals surface area contributed by atoms with Crippen LogP contribution < -0.4 is 5.56 Å². The fourth-order valence-electron chi connectivity index (χ4n) is 2.46. The third-order valence-electron chi connectivity index (χ3n) is 3.68. The lowest BCUT2D eigenvalue weighted by Crippen LogP contribution is -2.23. The molecule has 3 heterocycles. The summed E-state index contributed by atoms with van der Waals surface area (Å²) in [5.74, 6) is -0.0581. The third-order valence-corrected chi connectivity index (χ3v) is 3.91. The Kier molecular flexibility index (Phi) is 4.47. The molecule has 0 unspecified atom stereocenters. The highest BCUT2D eigenvalue weighted by atomic mass is 35.5. The van der Waals surface area contributed by atoms with E-state index in [9.17, 15) is 9.18 Å². The molecule has 0 aliphatic carbocycles. The molecular weight excluding hydrogens is 373 g/mol. The lowest BCUT2D eigenvalue weighted by Gasteiger charge is -2.05. The average Bonchev–Trinajstić information content (AvgIpc) is 3.14. The van der Waals surface area contributed by atoms with Gasteiger partial charge in [0.05, 0.1) is 12.7 Å². The van der Waals surface area contributed by atoms with Crippen molar-refractivity contribution < 1.29 is 8.81 Å². The molecule has 4 aromatic rings. The van der Waals surface area contributed by atoms with E-state index < -0.39 is 5.82 Å². The predicted octanol–water partition coefficient (Wildman–Crippen LogP) is 3.20. The van der Waals surface area contributed by atoms with Crippen molar-refractivity contribution >= 4 is 11.6 Å². The van der Waals surface area contributed by atoms with E-state index in [0.29, 0.717) is 21.8 Å². The van der Waals surface area contributed by atoms with E-state index in [-0.39, 0.29) is 23.9 Å². The first kappa shape index (κ1) is 17.0. The van der Waals surface area contributed by atoms with Crippen LogP contribution in [0.2, 0.25) is 5.02 Å². The molecule has 0 saturated heterocycles. The predicted molar refractivity (Wildman–Crippen MR) is 95.5 cm³/mol.